The zero-order valence-corrected chi connectivity index (χ0v) is 10.9. The van der Waals surface area contributed by atoms with E-state index < -0.39 is 0 Å². The van der Waals surface area contributed by atoms with E-state index in [0.29, 0.717) is 6.04 Å². The van der Waals surface area contributed by atoms with Gasteiger partial charge in [0.25, 0.3) is 0 Å². The second kappa shape index (κ2) is 7.37. The van der Waals surface area contributed by atoms with Crippen molar-refractivity contribution in [2.45, 2.75) is 45.2 Å². The van der Waals surface area contributed by atoms with Gasteiger partial charge in [0.1, 0.15) is 12.2 Å². The van der Waals surface area contributed by atoms with Crippen LogP contribution in [-0.4, -0.2) is 34.5 Å². The summed E-state index contributed by atoms with van der Waals surface area (Å²) < 4.78 is 6.96. The van der Waals surface area contributed by atoms with Crippen LogP contribution in [-0.2, 0) is 11.2 Å². The van der Waals surface area contributed by atoms with E-state index in [4.69, 9.17) is 10.6 Å². The zero-order chi connectivity index (χ0) is 12.7. The first-order valence-corrected chi connectivity index (χ1v) is 6.02. The summed E-state index contributed by atoms with van der Waals surface area (Å²) in [4.78, 5) is 4.28. The lowest BCUT2D eigenvalue weighted by Gasteiger charge is -2.16. The lowest BCUT2D eigenvalue weighted by Crippen LogP contribution is -2.37. The van der Waals surface area contributed by atoms with Gasteiger partial charge in [-0.2, -0.15) is 5.10 Å². The summed E-state index contributed by atoms with van der Waals surface area (Å²) in [5.74, 6) is 6.52. The maximum atomic E-state index is 5.55. The van der Waals surface area contributed by atoms with E-state index in [1.807, 2.05) is 4.68 Å². The third-order valence-corrected chi connectivity index (χ3v) is 2.70. The first kappa shape index (κ1) is 14.1. The molecule has 1 unspecified atom stereocenters. The average molecular weight is 241 g/mol. The molecule has 0 spiro atoms. The fourth-order valence-electron chi connectivity index (χ4n) is 1.79. The number of hydrogen-bond acceptors (Lipinski definition) is 5. The second-order valence-electron chi connectivity index (χ2n) is 4.42. The van der Waals surface area contributed by atoms with Crippen molar-refractivity contribution in [3.8, 4) is 0 Å². The van der Waals surface area contributed by atoms with Crippen molar-refractivity contribution >= 4 is 0 Å². The van der Waals surface area contributed by atoms with Crippen molar-refractivity contribution in [1.29, 1.82) is 0 Å². The molecule has 1 rings (SSSR count). The summed E-state index contributed by atoms with van der Waals surface area (Å²) in [6, 6.07) is 0.539. The quantitative estimate of drug-likeness (QED) is 0.397. The summed E-state index contributed by atoms with van der Waals surface area (Å²) in [7, 11) is 1.71. The van der Waals surface area contributed by atoms with Crippen LogP contribution in [0.5, 0.6) is 0 Å². The Morgan fingerprint density at radius 3 is 2.88 bits per heavy atom. The molecule has 0 fully saturated rings. The first-order valence-electron chi connectivity index (χ1n) is 6.02. The van der Waals surface area contributed by atoms with E-state index in [-0.39, 0.29) is 6.04 Å². The van der Waals surface area contributed by atoms with Crippen molar-refractivity contribution in [3.05, 3.63) is 12.2 Å². The monoisotopic (exact) mass is 241 g/mol. The van der Waals surface area contributed by atoms with E-state index >= 15 is 0 Å². The molecule has 0 saturated carbocycles. The van der Waals surface area contributed by atoms with Crippen LogP contribution in [0.2, 0.25) is 0 Å². The summed E-state index contributed by atoms with van der Waals surface area (Å²) >= 11 is 0. The van der Waals surface area contributed by atoms with Gasteiger partial charge in [-0.1, -0.05) is 0 Å². The number of methoxy groups -OCH3 is 1. The van der Waals surface area contributed by atoms with E-state index in [0.717, 1.165) is 31.7 Å². The number of nitrogens with two attached hydrogens (primary N) is 1. The van der Waals surface area contributed by atoms with E-state index in [2.05, 4.69) is 29.4 Å². The SMILES string of the molecule is COCCCC(Cc1ncnn1C(C)C)NN. The van der Waals surface area contributed by atoms with Crippen LogP contribution >= 0.6 is 0 Å². The van der Waals surface area contributed by atoms with Crippen molar-refractivity contribution in [2.75, 3.05) is 13.7 Å². The molecule has 3 N–H and O–H groups in total. The molecule has 0 aliphatic rings. The Kier molecular flexibility index (Phi) is 6.10. The number of ether oxygens (including phenoxy) is 1. The van der Waals surface area contributed by atoms with Gasteiger partial charge in [0.05, 0.1) is 0 Å². The Morgan fingerprint density at radius 1 is 1.53 bits per heavy atom. The summed E-state index contributed by atoms with van der Waals surface area (Å²) in [6.45, 7) is 4.94. The van der Waals surface area contributed by atoms with Gasteiger partial charge >= 0.3 is 0 Å². The van der Waals surface area contributed by atoms with Gasteiger partial charge < -0.3 is 4.74 Å². The molecular formula is C11H23N5O. The van der Waals surface area contributed by atoms with Gasteiger partial charge in [-0.25, -0.2) is 9.67 Å². The van der Waals surface area contributed by atoms with Gasteiger partial charge in [-0.3, -0.25) is 11.3 Å². The predicted octanol–water partition coefficient (Wildman–Crippen LogP) is 0.660. The third-order valence-electron chi connectivity index (χ3n) is 2.70. The zero-order valence-electron chi connectivity index (χ0n) is 10.9. The number of rotatable bonds is 8. The van der Waals surface area contributed by atoms with Crippen LogP contribution in [0.15, 0.2) is 6.33 Å². The highest BCUT2D eigenvalue weighted by molar-refractivity contribution is 4.90. The van der Waals surface area contributed by atoms with Crippen molar-refractivity contribution in [2.24, 2.45) is 5.84 Å². The fourth-order valence-corrected chi connectivity index (χ4v) is 1.79. The maximum Gasteiger partial charge on any atom is 0.138 e. The van der Waals surface area contributed by atoms with Crippen molar-refractivity contribution in [1.82, 2.24) is 20.2 Å². The van der Waals surface area contributed by atoms with Crippen LogP contribution in [0.1, 0.15) is 38.6 Å². The predicted molar refractivity (Wildman–Crippen MR) is 66.3 cm³/mol. The Bertz CT molecular complexity index is 313. The molecule has 6 heteroatoms. The highest BCUT2D eigenvalue weighted by Gasteiger charge is 2.13. The van der Waals surface area contributed by atoms with E-state index in [9.17, 15) is 0 Å². The molecule has 1 aromatic rings. The molecule has 98 valence electrons. The number of aromatic nitrogens is 3. The standard InChI is InChI=1S/C11H23N5O/c1-9(2)16-11(13-8-14-16)7-10(15-12)5-4-6-17-3/h8-10,15H,4-7,12H2,1-3H3. The lowest BCUT2D eigenvalue weighted by molar-refractivity contribution is 0.188. The largest absolute Gasteiger partial charge is 0.385 e. The van der Waals surface area contributed by atoms with Gasteiger partial charge in [0.2, 0.25) is 0 Å². The summed E-state index contributed by atoms with van der Waals surface area (Å²) in [6.07, 6.45) is 4.34. The van der Waals surface area contributed by atoms with Crippen molar-refractivity contribution in [3.63, 3.8) is 0 Å². The van der Waals surface area contributed by atoms with Crippen LogP contribution in [0.4, 0.5) is 0 Å². The van der Waals surface area contributed by atoms with Gasteiger partial charge in [-0.15, -0.1) is 0 Å². The number of nitrogens with zero attached hydrogens (tertiary/aromatic N) is 3. The van der Waals surface area contributed by atoms with Gasteiger partial charge in [0.15, 0.2) is 0 Å². The highest BCUT2D eigenvalue weighted by Crippen LogP contribution is 2.09. The molecule has 0 saturated heterocycles. The Hall–Kier alpha value is -0.980. The average Bonchev–Trinajstić information content (AvgIpc) is 2.76. The molecule has 0 aromatic carbocycles. The van der Waals surface area contributed by atoms with Crippen LogP contribution in [0, 0.1) is 0 Å². The fraction of sp³-hybridized carbons (Fsp3) is 0.818. The normalized spacial score (nSPS) is 13.2. The molecule has 0 bridgehead atoms. The smallest absolute Gasteiger partial charge is 0.138 e. The molecule has 6 nitrogen and oxygen atoms in total. The molecule has 0 aliphatic heterocycles. The second-order valence-corrected chi connectivity index (χ2v) is 4.42. The first-order chi connectivity index (χ1) is 8.19. The van der Waals surface area contributed by atoms with E-state index in [1.54, 1.807) is 13.4 Å². The highest BCUT2D eigenvalue weighted by atomic mass is 16.5. The minimum absolute atomic E-state index is 0.215. The lowest BCUT2D eigenvalue weighted by atomic mass is 10.1. The molecule has 1 heterocycles. The Labute approximate surface area is 103 Å². The minimum atomic E-state index is 0.215. The van der Waals surface area contributed by atoms with Gasteiger partial charge in [-0.05, 0) is 26.7 Å². The molecular weight excluding hydrogens is 218 g/mol. The van der Waals surface area contributed by atoms with Crippen LogP contribution < -0.4 is 11.3 Å². The number of nitrogens with one attached hydrogen (secondary N) is 1. The molecule has 17 heavy (non-hydrogen) atoms. The number of hydrogen-bond donors (Lipinski definition) is 2. The topological polar surface area (TPSA) is 78.0 Å². The summed E-state index contributed by atoms with van der Waals surface area (Å²) in [5.41, 5.74) is 2.83. The molecule has 0 amide bonds. The molecule has 0 aliphatic carbocycles. The molecule has 0 radical (unpaired) electrons. The van der Waals surface area contributed by atoms with Crippen molar-refractivity contribution < 1.29 is 4.74 Å². The summed E-state index contributed by atoms with van der Waals surface area (Å²) in [5, 5.41) is 4.21. The molecule has 1 aromatic heterocycles. The van der Waals surface area contributed by atoms with Crippen LogP contribution in [0.3, 0.4) is 0 Å². The Balaban J connectivity index is 2.51. The molecule has 1 atom stereocenters. The Morgan fingerprint density at radius 2 is 2.29 bits per heavy atom. The van der Waals surface area contributed by atoms with Gasteiger partial charge in [0, 0.05) is 32.2 Å². The third kappa shape index (κ3) is 4.41. The van der Waals surface area contributed by atoms with Crippen LogP contribution in [0.25, 0.3) is 0 Å². The minimum Gasteiger partial charge on any atom is -0.385 e. The number of hydrazine groups is 1. The maximum absolute atomic E-state index is 5.55. The van der Waals surface area contributed by atoms with E-state index in [1.165, 1.54) is 0 Å².